The zero-order valence-corrected chi connectivity index (χ0v) is 12.0. The molecule has 0 unspecified atom stereocenters. The molecular weight excluding hydrogens is 300 g/mol. The average molecular weight is 315 g/mol. The Hall–Kier alpha value is -0.680. The minimum atomic E-state index is -0.0361. The van der Waals surface area contributed by atoms with Gasteiger partial charge >= 0.3 is 0 Å². The number of carbonyl (C=O) groups excluding carboxylic acids is 1. The fourth-order valence-electron chi connectivity index (χ4n) is 1.60. The predicted octanol–water partition coefficient (Wildman–Crippen LogP) is 2.66. The molecular formula is C12H15BrN2OS. The molecule has 0 atom stereocenters. The number of benzene rings is 1. The Balaban J connectivity index is 1.97. The third kappa shape index (κ3) is 2.96. The van der Waals surface area contributed by atoms with Crippen molar-refractivity contribution in [3.05, 3.63) is 28.2 Å². The smallest absolute Gasteiger partial charge is 0.251 e. The van der Waals surface area contributed by atoms with Crippen molar-refractivity contribution in [2.75, 3.05) is 18.5 Å². The van der Waals surface area contributed by atoms with Crippen LogP contribution in [0, 0.1) is 0 Å². The molecule has 0 radical (unpaired) electrons. The summed E-state index contributed by atoms with van der Waals surface area (Å²) in [4.78, 5) is 11.9. The number of hydrogen-bond acceptors (Lipinski definition) is 3. The highest BCUT2D eigenvalue weighted by molar-refractivity contribution is 9.10. The maximum absolute atomic E-state index is 11.9. The molecule has 17 heavy (non-hydrogen) atoms. The van der Waals surface area contributed by atoms with Gasteiger partial charge in [-0.25, -0.2) is 0 Å². The molecule has 0 aliphatic heterocycles. The first-order chi connectivity index (χ1) is 8.06. The second-order valence-electron chi connectivity index (χ2n) is 4.31. The van der Waals surface area contributed by atoms with Crippen molar-refractivity contribution in [3.8, 4) is 0 Å². The minimum Gasteiger partial charge on any atom is -0.398 e. The van der Waals surface area contributed by atoms with E-state index in [1.54, 1.807) is 18.2 Å². The number of nitrogens with one attached hydrogen (secondary N) is 1. The van der Waals surface area contributed by atoms with Gasteiger partial charge in [-0.15, -0.1) is 0 Å². The average Bonchev–Trinajstić information content (AvgIpc) is 3.10. The van der Waals surface area contributed by atoms with E-state index in [2.05, 4.69) is 27.5 Å². The van der Waals surface area contributed by atoms with E-state index in [9.17, 15) is 4.79 Å². The van der Waals surface area contributed by atoms with Gasteiger partial charge in [0.1, 0.15) is 0 Å². The van der Waals surface area contributed by atoms with E-state index in [4.69, 9.17) is 5.73 Å². The highest BCUT2D eigenvalue weighted by Gasteiger charge is 2.41. The van der Waals surface area contributed by atoms with E-state index in [1.165, 1.54) is 12.8 Å². The van der Waals surface area contributed by atoms with Gasteiger partial charge in [0.25, 0.3) is 5.91 Å². The second kappa shape index (κ2) is 4.90. The minimum absolute atomic E-state index is 0.0361. The fraction of sp³-hybridized carbons (Fsp3) is 0.417. The zero-order valence-electron chi connectivity index (χ0n) is 9.63. The standard InChI is InChI=1S/C12H15BrN2OS/c1-17-12(4-5-12)7-15-11(16)8-2-3-10(14)9(13)6-8/h2-3,6H,4-5,7,14H2,1H3,(H,15,16). The summed E-state index contributed by atoms with van der Waals surface area (Å²) in [5, 5.41) is 2.98. The lowest BCUT2D eigenvalue weighted by molar-refractivity contribution is 0.0953. The van der Waals surface area contributed by atoms with Crippen LogP contribution in [0.3, 0.4) is 0 Å². The molecule has 1 amide bonds. The lowest BCUT2D eigenvalue weighted by atomic mass is 10.2. The van der Waals surface area contributed by atoms with Crippen LogP contribution in [0.25, 0.3) is 0 Å². The van der Waals surface area contributed by atoms with Crippen LogP contribution in [0.1, 0.15) is 23.2 Å². The molecule has 1 aromatic carbocycles. The maximum atomic E-state index is 11.9. The summed E-state index contributed by atoms with van der Waals surface area (Å²) in [6.07, 6.45) is 4.48. The molecule has 1 saturated carbocycles. The van der Waals surface area contributed by atoms with Crippen LogP contribution in [-0.2, 0) is 0 Å². The molecule has 92 valence electrons. The number of carbonyl (C=O) groups is 1. The second-order valence-corrected chi connectivity index (χ2v) is 6.43. The Morgan fingerprint density at radius 3 is 2.82 bits per heavy atom. The third-order valence-electron chi connectivity index (χ3n) is 3.07. The molecule has 1 aliphatic carbocycles. The lowest BCUT2D eigenvalue weighted by Gasteiger charge is -2.13. The molecule has 0 saturated heterocycles. The molecule has 3 nitrogen and oxygen atoms in total. The molecule has 2 rings (SSSR count). The van der Waals surface area contributed by atoms with E-state index >= 15 is 0 Å². The van der Waals surface area contributed by atoms with Crippen molar-refractivity contribution in [3.63, 3.8) is 0 Å². The van der Waals surface area contributed by atoms with E-state index in [1.807, 2.05) is 11.8 Å². The normalized spacial score (nSPS) is 16.6. The molecule has 1 fully saturated rings. The Bertz CT molecular complexity index is 446. The van der Waals surface area contributed by atoms with Crippen molar-refractivity contribution in [2.24, 2.45) is 0 Å². The molecule has 5 heteroatoms. The molecule has 0 spiro atoms. The number of amides is 1. The van der Waals surface area contributed by atoms with Gasteiger partial charge in [0.15, 0.2) is 0 Å². The van der Waals surface area contributed by atoms with Crippen LogP contribution in [-0.4, -0.2) is 23.5 Å². The van der Waals surface area contributed by atoms with Crippen LogP contribution < -0.4 is 11.1 Å². The van der Waals surface area contributed by atoms with E-state index in [-0.39, 0.29) is 5.91 Å². The van der Waals surface area contributed by atoms with Crippen LogP contribution >= 0.6 is 27.7 Å². The Labute approximate surface area is 114 Å². The van der Waals surface area contributed by atoms with Crippen LogP contribution in [0.5, 0.6) is 0 Å². The Morgan fingerprint density at radius 1 is 1.59 bits per heavy atom. The number of thioether (sulfide) groups is 1. The maximum Gasteiger partial charge on any atom is 0.251 e. The molecule has 0 aromatic heterocycles. The number of anilines is 1. The van der Waals surface area contributed by atoms with Crippen molar-refractivity contribution in [1.82, 2.24) is 5.32 Å². The van der Waals surface area contributed by atoms with Gasteiger partial charge in [0, 0.05) is 27.0 Å². The number of rotatable bonds is 4. The summed E-state index contributed by atoms with van der Waals surface area (Å²) in [6.45, 7) is 0.745. The number of hydrogen-bond donors (Lipinski definition) is 2. The summed E-state index contributed by atoms with van der Waals surface area (Å²) in [7, 11) is 0. The largest absolute Gasteiger partial charge is 0.398 e. The predicted molar refractivity (Wildman–Crippen MR) is 76.4 cm³/mol. The molecule has 1 aromatic rings. The van der Waals surface area contributed by atoms with Gasteiger partial charge in [0.05, 0.1) is 0 Å². The van der Waals surface area contributed by atoms with E-state index < -0.39 is 0 Å². The first-order valence-electron chi connectivity index (χ1n) is 5.45. The molecule has 1 aliphatic rings. The summed E-state index contributed by atoms with van der Waals surface area (Å²) >= 11 is 5.16. The monoisotopic (exact) mass is 314 g/mol. The number of halogens is 1. The number of nitrogens with two attached hydrogens (primary N) is 1. The Kier molecular flexibility index (Phi) is 3.68. The van der Waals surface area contributed by atoms with Gasteiger partial charge in [0.2, 0.25) is 0 Å². The summed E-state index contributed by atoms with van der Waals surface area (Å²) in [5.74, 6) is -0.0361. The fourth-order valence-corrected chi connectivity index (χ4v) is 2.71. The third-order valence-corrected chi connectivity index (χ3v) is 5.18. The molecule has 3 N–H and O–H groups in total. The van der Waals surface area contributed by atoms with Crippen molar-refractivity contribution < 1.29 is 4.79 Å². The van der Waals surface area contributed by atoms with Gasteiger partial charge in [-0.05, 0) is 53.2 Å². The first-order valence-corrected chi connectivity index (χ1v) is 7.46. The molecule has 0 bridgehead atoms. The molecule has 0 heterocycles. The summed E-state index contributed by atoms with van der Waals surface area (Å²) < 4.78 is 1.05. The van der Waals surface area contributed by atoms with E-state index in [0.717, 1.165) is 11.0 Å². The van der Waals surface area contributed by atoms with Gasteiger partial charge in [-0.3, -0.25) is 4.79 Å². The first kappa shape index (κ1) is 12.8. The van der Waals surface area contributed by atoms with Crippen LogP contribution in [0.15, 0.2) is 22.7 Å². The highest BCUT2D eigenvalue weighted by atomic mass is 79.9. The van der Waals surface area contributed by atoms with Crippen molar-refractivity contribution >= 4 is 39.3 Å². The topological polar surface area (TPSA) is 55.1 Å². The number of nitrogen functional groups attached to an aromatic ring is 1. The van der Waals surface area contributed by atoms with Gasteiger partial charge in [-0.2, -0.15) is 11.8 Å². The van der Waals surface area contributed by atoms with Crippen molar-refractivity contribution in [1.29, 1.82) is 0 Å². The lowest BCUT2D eigenvalue weighted by Crippen LogP contribution is -2.31. The summed E-state index contributed by atoms with van der Waals surface area (Å²) in [6, 6.07) is 5.23. The van der Waals surface area contributed by atoms with Crippen LogP contribution in [0.4, 0.5) is 5.69 Å². The summed E-state index contributed by atoms with van der Waals surface area (Å²) in [5.41, 5.74) is 6.97. The SMILES string of the molecule is CSC1(CNC(=O)c2ccc(N)c(Br)c2)CC1. The highest BCUT2D eigenvalue weighted by Crippen LogP contribution is 2.46. The zero-order chi connectivity index (χ0) is 12.5. The van der Waals surface area contributed by atoms with Crippen LogP contribution in [0.2, 0.25) is 0 Å². The quantitative estimate of drug-likeness (QED) is 0.840. The van der Waals surface area contributed by atoms with E-state index in [0.29, 0.717) is 16.0 Å². The van der Waals surface area contributed by atoms with Gasteiger partial charge < -0.3 is 11.1 Å². The van der Waals surface area contributed by atoms with Crippen molar-refractivity contribution in [2.45, 2.75) is 17.6 Å². The Morgan fingerprint density at radius 2 is 2.29 bits per heavy atom. The van der Waals surface area contributed by atoms with Gasteiger partial charge in [-0.1, -0.05) is 0 Å².